The Hall–Kier alpha value is -1.82. The van der Waals surface area contributed by atoms with Crippen molar-refractivity contribution in [2.75, 3.05) is 11.9 Å². The average molecular weight is 309 g/mol. The molecule has 2 aromatic rings. The molecule has 0 aliphatic rings. The Morgan fingerprint density at radius 2 is 2.33 bits per heavy atom. The number of hydrogen-bond donors (Lipinski definition) is 3. The van der Waals surface area contributed by atoms with Crippen LogP contribution in [0.2, 0.25) is 0 Å². The number of aromatic nitrogens is 1. The van der Waals surface area contributed by atoms with Gasteiger partial charge in [0.15, 0.2) is 0 Å². The van der Waals surface area contributed by atoms with Crippen LogP contribution in [0, 0.1) is 0 Å². The van der Waals surface area contributed by atoms with Crippen molar-refractivity contribution in [2.45, 2.75) is 6.42 Å². The van der Waals surface area contributed by atoms with Crippen LogP contribution in [0.1, 0.15) is 6.42 Å². The second-order valence-electron chi connectivity index (χ2n) is 3.80. The third-order valence-electron chi connectivity index (χ3n) is 2.50. The summed E-state index contributed by atoms with van der Waals surface area (Å²) in [5, 5.41) is 15.7. The molecule has 0 radical (unpaired) electrons. The molecule has 0 aliphatic heterocycles. The van der Waals surface area contributed by atoms with Crippen molar-refractivity contribution in [3.63, 3.8) is 0 Å². The molecule has 1 aromatic carbocycles. The molecule has 18 heavy (non-hydrogen) atoms. The maximum atomic E-state index is 8.45. The molecule has 94 valence electrons. The molecule has 0 atom stereocenters. The quantitative estimate of drug-likeness (QED) is 0.351. The molecule has 5 nitrogen and oxygen atoms in total. The van der Waals surface area contributed by atoms with Crippen molar-refractivity contribution in [1.29, 1.82) is 0 Å². The van der Waals surface area contributed by atoms with Gasteiger partial charge in [-0.1, -0.05) is 17.3 Å². The lowest BCUT2D eigenvalue weighted by Crippen LogP contribution is -2.16. The molecule has 0 fully saturated rings. The maximum absolute atomic E-state index is 8.45. The van der Waals surface area contributed by atoms with Crippen LogP contribution in [-0.2, 0) is 0 Å². The minimum atomic E-state index is 0.207. The lowest BCUT2D eigenvalue weighted by Gasteiger charge is -2.08. The first-order valence-corrected chi connectivity index (χ1v) is 6.24. The van der Waals surface area contributed by atoms with Gasteiger partial charge in [-0.15, -0.1) is 0 Å². The number of benzene rings is 1. The topological polar surface area (TPSA) is 83.5 Å². The van der Waals surface area contributed by atoms with Crippen molar-refractivity contribution in [3.8, 4) is 0 Å². The predicted octanol–water partition coefficient (Wildman–Crippen LogP) is 2.55. The lowest BCUT2D eigenvalue weighted by atomic mass is 10.2. The first kappa shape index (κ1) is 12.6. The van der Waals surface area contributed by atoms with Gasteiger partial charge >= 0.3 is 0 Å². The van der Waals surface area contributed by atoms with E-state index in [1.165, 1.54) is 0 Å². The van der Waals surface area contributed by atoms with Gasteiger partial charge in [-0.25, -0.2) is 0 Å². The van der Waals surface area contributed by atoms with Crippen molar-refractivity contribution in [1.82, 2.24) is 4.98 Å². The maximum Gasteiger partial charge on any atom is 0.140 e. The zero-order valence-corrected chi connectivity index (χ0v) is 11.2. The standard InChI is InChI=1S/C12H13BrN4O/c13-9-6-8-2-1-3-10(12(8)16-7-9)15-5-4-11(14)17-18/h1-3,6-7,15,18H,4-5H2,(H2,14,17). The molecule has 0 bridgehead atoms. The number of halogens is 1. The summed E-state index contributed by atoms with van der Waals surface area (Å²) in [4.78, 5) is 4.38. The Labute approximate surface area is 113 Å². The van der Waals surface area contributed by atoms with E-state index in [1.54, 1.807) is 6.20 Å². The molecule has 0 unspecified atom stereocenters. The summed E-state index contributed by atoms with van der Waals surface area (Å²) in [7, 11) is 0. The first-order chi connectivity index (χ1) is 8.70. The van der Waals surface area contributed by atoms with Crippen LogP contribution in [0.3, 0.4) is 0 Å². The van der Waals surface area contributed by atoms with Crippen LogP contribution >= 0.6 is 15.9 Å². The fraction of sp³-hybridized carbons (Fsp3) is 0.167. The summed E-state index contributed by atoms with van der Waals surface area (Å²) in [5.41, 5.74) is 7.25. The largest absolute Gasteiger partial charge is 0.409 e. The van der Waals surface area contributed by atoms with Gasteiger partial charge in [-0.05, 0) is 28.1 Å². The van der Waals surface area contributed by atoms with Crippen LogP contribution < -0.4 is 11.1 Å². The smallest absolute Gasteiger partial charge is 0.140 e. The number of amidine groups is 1. The number of para-hydroxylation sites is 1. The van der Waals surface area contributed by atoms with Gasteiger partial charge in [0.2, 0.25) is 0 Å². The van der Waals surface area contributed by atoms with Crippen LogP contribution in [0.5, 0.6) is 0 Å². The highest BCUT2D eigenvalue weighted by molar-refractivity contribution is 9.10. The van der Waals surface area contributed by atoms with E-state index < -0.39 is 0 Å². The normalized spacial score (nSPS) is 11.7. The highest BCUT2D eigenvalue weighted by Gasteiger charge is 2.02. The van der Waals surface area contributed by atoms with Gasteiger partial charge in [0.25, 0.3) is 0 Å². The Kier molecular flexibility index (Phi) is 3.99. The second kappa shape index (κ2) is 5.68. The Balaban J connectivity index is 2.18. The van der Waals surface area contributed by atoms with Gasteiger partial charge in [0.05, 0.1) is 11.2 Å². The number of pyridine rings is 1. The monoisotopic (exact) mass is 308 g/mol. The Bertz CT molecular complexity index is 585. The fourth-order valence-corrected chi connectivity index (χ4v) is 2.00. The van der Waals surface area contributed by atoms with E-state index in [9.17, 15) is 0 Å². The van der Waals surface area contributed by atoms with Crippen LogP contribution in [0.25, 0.3) is 10.9 Å². The van der Waals surface area contributed by atoms with Gasteiger partial charge in [0, 0.05) is 29.0 Å². The summed E-state index contributed by atoms with van der Waals surface area (Å²) in [6, 6.07) is 7.93. The molecule has 2 rings (SSSR count). The minimum absolute atomic E-state index is 0.207. The molecule has 0 saturated heterocycles. The third-order valence-corrected chi connectivity index (χ3v) is 2.94. The number of rotatable bonds is 4. The first-order valence-electron chi connectivity index (χ1n) is 5.45. The number of nitrogens with two attached hydrogens (primary N) is 1. The predicted molar refractivity (Wildman–Crippen MR) is 76.0 cm³/mol. The number of nitrogens with one attached hydrogen (secondary N) is 1. The van der Waals surface area contributed by atoms with Gasteiger partial charge in [-0.2, -0.15) is 0 Å². The molecule has 0 saturated carbocycles. The molecule has 1 aromatic heterocycles. The summed E-state index contributed by atoms with van der Waals surface area (Å²) >= 11 is 3.40. The van der Waals surface area contributed by atoms with Crippen molar-refractivity contribution >= 4 is 38.4 Å². The van der Waals surface area contributed by atoms with Crippen LogP contribution in [0.15, 0.2) is 40.1 Å². The molecular weight excluding hydrogens is 296 g/mol. The van der Waals surface area contributed by atoms with E-state index in [1.807, 2.05) is 24.3 Å². The number of anilines is 1. The highest BCUT2D eigenvalue weighted by Crippen LogP contribution is 2.23. The molecule has 4 N–H and O–H groups in total. The number of hydrogen-bond acceptors (Lipinski definition) is 4. The Morgan fingerprint density at radius 3 is 3.11 bits per heavy atom. The number of oxime groups is 1. The molecule has 6 heteroatoms. The van der Waals surface area contributed by atoms with Crippen LogP contribution in [-0.4, -0.2) is 22.6 Å². The highest BCUT2D eigenvalue weighted by atomic mass is 79.9. The summed E-state index contributed by atoms with van der Waals surface area (Å²) in [6.07, 6.45) is 2.24. The van der Waals surface area contributed by atoms with Gasteiger partial charge in [-0.3, -0.25) is 4.98 Å². The van der Waals surface area contributed by atoms with E-state index in [2.05, 4.69) is 31.4 Å². The number of nitrogens with zero attached hydrogens (tertiary/aromatic N) is 2. The molecule has 1 heterocycles. The summed E-state index contributed by atoms with van der Waals surface area (Å²) in [6.45, 7) is 0.590. The second-order valence-corrected chi connectivity index (χ2v) is 4.71. The van der Waals surface area contributed by atoms with Crippen LogP contribution in [0.4, 0.5) is 5.69 Å². The zero-order chi connectivity index (χ0) is 13.0. The van der Waals surface area contributed by atoms with Crippen molar-refractivity contribution in [2.24, 2.45) is 10.9 Å². The Morgan fingerprint density at radius 1 is 1.50 bits per heavy atom. The third kappa shape index (κ3) is 2.89. The van der Waals surface area contributed by atoms with E-state index in [-0.39, 0.29) is 5.84 Å². The van der Waals surface area contributed by atoms with E-state index in [0.29, 0.717) is 13.0 Å². The molecular formula is C12H13BrN4O. The van der Waals surface area contributed by atoms with Gasteiger partial charge < -0.3 is 16.3 Å². The molecule has 0 spiro atoms. The summed E-state index contributed by atoms with van der Waals surface area (Å²) in [5.74, 6) is 0.207. The number of fused-ring (bicyclic) bond motifs is 1. The van der Waals surface area contributed by atoms with Gasteiger partial charge in [0.1, 0.15) is 5.84 Å². The summed E-state index contributed by atoms with van der Waals surface area (Å²) < 4.78 is 0.948. The zero-order valence-electron chi connectivity index (χ0n) is 9.60. The minimum Gasteiger partial charge on any atom is -0.409 e. The van der Waals surface area contributed by atoms with Crippen molar-refractivity contribution < 1.29 is 5.21 Å². The van der Waals surface area contributed by atoms with Crippen molar-refractivity contribution in [3.05, 3.63) is 34.9 Å². The van der Waals surface area contributed by atoms with E-state index in [4.69, 9.17) is 10.9 Å². The average Bonchev–Trinajstić information content (AvgIpc) is 2.38. The molecule has 0 amide bonds. The lowest BCUT2D eigenvalue weighted by molar-refractivity contribution is 0.317. The SMILES string of the molecule is N/C(CCNc1cccc2cc(Br)cnc12)=N/O. The fourth-order valence-electron chi connectivity index (χ4n) is 1.65. The molecule has 0 aliphatic carbocycles. The van der Waals surface area contributed by atoms with E-state index >= 15 is 0 Å². The van der Waals surface area contributed by atoms with E-state index in [0.717, 1.165) is 21.1 Å².